The molecule has 7 nitrogen and oxygen atoms in total. The van der Waals surface area contributed by atoms with Crippen molar-refractivity contribution in [3.05, 3.63) is 88.5 Å². The molecule has 1 aromatic heterocycles. The predicted molar refractivity (Wildman–Crippen MR) is 140 cm³/mol. The molecule has 0 bridgehead atoms. The lowest BCUT2D eigenvalue weighted by Crippen LogP contribution is -2.62. The number of halogens is 3. The first-order valence-electron chi connectivity index (χ1n) is 13.2. The Balaban J connectivity index is 1.57. The lowest BCUT2D eigenvalue weighted by Gasteiger charge is -2.53. The number of likely N-dealkylation sites (tertiary alicyclic amines) is 1. The van der Waals surface area contributed by atoms with Crippen LogP contribution in [0.2, 0.25) is 0 Å². The molecule has 0 radical (unpaired) electrons. The van der Waals surface area contributed by atoms with Crippen molar-refractivity contribution < 1.29 is 23.1 Å². The summed E-state index contributed by atoms with van der Waals surface area (Å²) >= 11 is 0. The second-order valence-corrected chi connectivity index (χ2v) is 11.5. The molecule has 10 heteroatoms. The second-order valence-electron chi connectivity index (χ2n) is 11.5. The zero-order valence-corrected chi connectivity index (χ0v) is 22.4. The van der Waals surface area contributed by atoms with Crippen LogP contribution in [0.5, 0.6) is 0 Å². The minimum atomic E-state index is -1.13. The highest BCUT2D eigenvalue weighted by molar-refractivity contribution is 5.67. The summed E-state index contributed by atoms with van der Waals surface area (Å²) in [6.07, 6.45) is 1.44. The number of nitrogens with one attached hydrogen (secondary N) is 1. The third-order valence-corrected chi connectivity index (χ3v) is 7.94. The van der Waals surface area contributed by atoms with E-state index in [1.165, 1.54) is 17.0 Å². The fourth-order valence-electron chi connectivity index (χ4n) is 6.23. The molecule has 0 aliphatic carbocycles. The number of hydrogen-bond donors (Lipinski definition) is 2. The lowest BCUT2D eigenvalue weighted by molar-refractivity contribution is -0.0340. The number of carbonyl (C=O) groups is 1. The van der Waals surface area contributed by atoms with E-state index in [0.29, 0.717) is 44.6 Å². The third kappa shape index (κ3) is 5.53. The summed E-state index contributed by atoms with van der Waals surface area (Å²) in [4.78, 5) is 18.4. The van der Waals surface area contributed by atoms with Gasteiger partial charge >= 0.3 is 6.09 Å². The summed E-state index contributed by atoms with van der Waals surface area (Å²) in [5.74, 6) is -1.52. The molecule has 5 rings (SSSR count). The minimum Gasteiger partial charge on any atom is -0.465 e. The van der Waals surface area contributed by atoms with Crippen LogP contribution in [-0.4, -0.2) is 66.8 Å². The Hall–Kier alpha value is -3.37. The Morgan fingerprint density at radius 1 is 1.13 bits per heavy atom. The van der Waals surface area contributed by atoms with Crippen LogP contribution in [0.25, 0.3) is 0 Å². The lowest BCUT2D eigenvalue weighted by atomic mass is 9.83. The van der Waals surface area contributed by atoms with Crippen LogP contribution in [0, 0.1) is 17.5 Å². The quantitative estimate of drug-likeness (QED) is 0.440. The van der Waals surface area contributed by atoms with Crippen LogP contribution >= 0.6 is 0 Å². The summed E-state index contributed by atoms with van der Waals surface area (Å²) in [5.41, 5.74) is 1.93. The molecule has 1 saturated heterocycles. The largest absolute Gasteiger partial charge is 0.465 e. The first-order valence-corrected chi connectivity index (χ1v) is 13.2. The van der Waals surface area contributed by atoms with Crippen molar-refractivity contribution in [2.45, 2.75) is 70.4 Å². The molecule has 208 valence electrons. The van der Waals surface area contributed by atoms with Gasteiger partial charge in [-0.25, -0.2) is 18.0 Å². The Labute approximate surface area is 226 Å². The van der Waals surface area contributed by atoms with E-state index in [2.05, 4.69) is 15.1 Å². The summed E-state index contributed by atoms with van der Waals surface area (Å²) in [6.45, 7) is 7.54. The Bertz CT molecular complexity index is 1320. The standard InChI is InChI=1S/C29H34F3N5O2/c1-29(2,3)37(28(38)39)26-13-21(36-15-19-14-33-34-25(19)17-36)16-35(11-10-18-6-4-5-7-23(18)31)27(26)22-12-20(30)8-9-24(22)32/h4-9,12,14,21,26-27H,10-11,13,15-17H2,1-3H3,(H,33,34)(H,38,39)/t21-,26+,27-/m0/s1. The normalized spacial score (nSPS) is 22.2. The molecular formula is C29H34F3N5O2. The van der Waals surface area contributed by atoms with Crippen molar-refractivity contribution in [1.82, 2.24) is 24.9 Å². The number of piperidine rings is 1. The molecule has 2 aromatic carbocycles. The van der Waals surface area contributed by atoms with Crippen molar-refractivity contribution in [3.63, 3.8) is 0 Å². The maximum Gasteiger partial charge on any atom is 0.408 e. The first-order chi connectivity index (χ1) is 18.5. The molecular weight excluding hydrogens is 507 g/mol. The summed E-state index contributed by atoms with van der Waals surface area (Å²) in [7, 11) is 0. The van der Waals surface area contributed by atoms with Gasteiger partial charge in [-0.3, -0.25) is 19.8 Å². The van der Waals surface area contributed by atoms with E-state index in [1.807, 2.05) is 4.90 Å². The first kappa shape index (κ1) is 27.2. The fraction of sp³-hybridized carbons (Fsp3) is 0.448. The van der Waals surface area contributed by atoms with Gasteiger partial charge in [-0.1, -0.05) is 18.2 Å². The number of rotatable bonds is 6. The summed E-state index contributed by atoms with van der Waals surface area (Å²) in [5, 5.41) is 17.6. The number of nitrogens with zero attached hydrogens (tertiary/aromatic N) is 4. The van der Waals surface area contributed by atoms with E-state index in [9.17, 15) is 18.7 Å². The van der Waals surface area contributed by atoms with E-state index < -0.39 is 35.4 Å². The summed E-state index contributed by atoms with van der Waals surface area (Å²) < 4.78 is 44.4. The van der Waals surface area contributed by atoms with Gasteiger partial charge in [0.2, 0.25) is 0 Å². The van der Waals surface area contributed by atoms with Gasteiger partial charge in [-0.15, -0.1) is 0 Å². The van der Waals surface area contributed by atoms with E-state index in [-0.39, 0.29) is 17.4 Å². The fourth-order valence-corrected chi connectivity index (χ4v) is 6.23. The monoisotopic (exact) mass is 541 g/mol. The predicted octanol–water partition coefficient (Wildman–Crippen LogP) is 5.35. The van der Waals surface area contributed by atoms with Crippen molar-refractivity contribution in [1.29, 1.82) is 0 Å². The highest BCUT2D eigenvalue weighted by Crippen LogP contribution is 2.41. The number of benzene rings is 2. The van der Waals surface area contributed by atoms with E-state index >= 15 is 4.39 Å². The van der Waals surface area contributed by atoms with E-state index in [0.717, 1.165) is 23.4 Å². The van der Waals surface area contributed by atoms with Gasteiger partial charge in [-0.2, -0.15) is 5.10 Å². The van der Waals surface area contributed by atoms with Crippen LogP contribution in [0.4, 0.5) is 18.0 Å². The highest BCUT2D eigenvalue weighted by atomic mass is 19.1. The van der Waals surface area contributed by atoms with Crippen LogP contribution in [0.1, 0.15) is 55.6 Å². The number of amides is 1. The van der Waals surface area contributed by atoms with Crippen molar-refractivity contribution in [2.24, 2.45) is 0 Å². The maximum atomic E-state index is 15.4. The van der Waals surface area contributed by atoms with Gasteiger partial charge in [0.1, 0.15) is 17.5 Å². The maximum absolute atomic E-state index is 15.4. The number of hydrogen-bond acceptors (Lipinski definition) is 4. The molecule has 3 heterocycles. The third-order valence-electron chi connectivity index (χ3n) is 7.94. The summed E-state index contributed by atoms with van der Waals surface area (Å²) in [6, 6.07) is 8.30. The minimum absolute atomic E-state index is 0.0755. The SMILES string of the molecule is CC(C)(C)N(C(=O)O)[C@@H]1C[C@H](N2Cc3cn[nH]c3C2)CN(CCc2ccccc2F)[C@H]1c1cc(F)ccc1F. The Morgan fingerprint density at radius 3 is 2.59 bits per heavy atom. The molecule has 0 unspecified atom stereocenters. The van der Waals surface area contributed by atoms with Crippen LogP contribution in [0.15, 0.2) is 48.7 Å². The van der Waals surface area contributed by atoms with Crippen LogP contribution < -0.4 is 0 Å². The smallest absolute Gasteiger partial charge is 0.408 e. The van der Waals surface area contributed by atoms with Gasteiger partial charge in [0.15, 0.2) is 0 Å². The number of aromatic nitrogens is 2. The van der Waals surface area contributed by atoms with E-state index in [4.69, 9.17) is 0 Å². The number of fused-ring (bicyclic) bond motifs is 1. The zero-order valence-electron chi connectivity index (χ0n) is 22.4. The second kappa shape index (κ2) is 10.7. The molecule has 2 aliphatic heterocycles. The molecule has 0 spiro atoms. The Morgan fingerprint density at radius 2 is 1.90 bits per heavy atom. The highest BCUT2D eigenvalue weighted by Gasteiger charge is 2.47. The van der Waals surface area contributed by atoms with Gasteiger partial charge < -0.3 is 5.11 Å². The average Bonchev–Trinajstić information content (AvgIpc) is 3.47. The van der Waals surface area contributed by atoms with Gasteiger partial charge in [0, 0.05) is 48.9 Å². The molecule has 2 aliphatic rings. The number of H-pyrrole nitrogens is 1. The Kier molecular flexibility index (Phi) is 7.43. The van der Waals surface area contributed by atoms with Crippen molar-refractivity contribution in [2.75, 3.05) is 13.1 Å². The molecule has 1 fully saturated rings. The van der Waals surface area contributed by atoms with Crippen molar-refractivity contribution in [3.8, 4) is 0 Å². The molecule has 0 saturated carbocycles. The average molecular weight is 542 g/mol. The molecule has 3 aromatic rings. The number of aromatic amines is 1. The van der Waals surface area contributed by atoms with Gasteiger partial charge in [-0.05, 0) is 63.4 Å². The molecule has 3 atom stereocenters. The zero-order chi connectivity index (χ0) is 27.9. The molecule has 1 amide bonds. The molecule has 39 heavy (non-hydrogen) atoms. The van der Waals surface area contributed by atoms with E-state index in [1.54, 1.807) is 45.2 Å². The topological polar surface area (TPSA) is 75.7 Å². The van der Waals surface area contributed by atoms with Crippen molar-refractivity contribution >= 4 is 6.09 Å². The van der Waals surface area contributed by atoms with Crippen LogP contribution in [-0.2, 0) is 19.5 Å². The van der Waals surface area contributed by atoms with Gasteiger partial charge in [0.05, 0.1) is 24.0 Å². The molecule has 2 N–H and O–H groups in total. The number of carboxylic acid groups (broad SMARTS) is 1. The van der Waals surface area contributed by atoms with Gasteiger partial charge in [0.25, 0.3) is 0 Å². The van der Waals surface area contributed by atoms with Crippen LogP contribution in [0.3, 0.4) is 0 Å².